The van der Waals surface area contributed by atoms with Gasteiger partial charge in [0.05, 0.1) is 45.4 Å². The van der Waals surface area contributed by atoms with Crippen LogP contribution in [-0.4, -0.2) is 56.9 Å². The molecule has 30 heavy (non-hydrogen) atoms. The van der Waals surface area contributed by atoms with Gasteiger partial charge in [-0.25, -0.2) is 4.90 Å². The first kappa shape index (κ1) is 20.1. The number of anilines is 2. The number of carbonyl (C=O) groups is 3. The average molecular weight is 408 g/mol. The summed E-state index contributed by atoms with van der Waals surface area (Å²) in [5.41, 5.74) is 2.29. The van der Waals surface area contributed by atoms with Gasteiger partial charge in [-0.05, 0) is 43.3 Å². The Morgan fingerprint density at radius 2 is 1.70 bits per heavy atom. The number of para-hydroxylation sites is 2. The first-order valence-corrected chi connectivity index (χ1v) is 10.2. The van der Waals surface area contributed by atoms with Crippen LogP contribution in [0, 0.1) is 0 Å². The molecular formula is C23H26N3O4+. The van der Waals surface area contributed by atoms with Crippen molar-refractivity contribution in [3.63, 3.8) is 0 Å². The number of methoxy groups -OCH3 is 1. The molecule has 1 N–H and O–H groups in total. The molecule has 2 aliphatic rings. The first-order valence-electron chi connectivity index (χ1n) is 10.2. The van der Waals surface area contributed by atoms with Crippen LogP contribution in [0.5, 0.6) is 5.75 Å². The number of benzene rings is 2. The highest BCUT2D eigenvalue weighted by Gasteiger charge is 2.47. The first-order chi connectivity index (χ1) is 14.5. The van der Waals surface area contributed by atoms with E-state index in [2.05, 4.69) is 4.90 Å². The van der Waals surface area contributed by atoms with E-state index >= 15 is 0 Å². The van der Waals surface area contributed by atoms with Gasteiger partial charge in [0.25, 0.3) is 5.91 Å². The predicted octanol–water partition coefficient (Wildman–Crippen LogP) is 0.935. The Balaban J connectivity index is 1.43. The summed E-state index contributed by atoms with van der Waals surface area (Å²) in [6.07, 6.45) is 0.222. The van der Waals surface area contributed by atoms with Crippen molar-refractivity contribution in [3.05, 3.63) is 54.1 Å². The Morgan fingerprint density at radius 1 is 1.03 bits per heavy atom. The topological polar surface area (TPSA) is 71.4 Å². The third-order valence-corrected chi connectivity index (χ3v) is 6.01. The minimum Gasteiger partial charge on any atom is -0.495 e. The molecule has 0 spiro atoms. The summed E-state index contributed by atoms with van der Waals surface area (Å²) >= 11 is 0. The van der Waals surface area contributed by atoms with Crippen LogP contribution in [0.25, 0.3) is 0 Å². The van der Waals surface area contributed by atoms with Crippen LogP contribution in [0.4, 0.5) is 11.4 Å². The summed E-state index contributed by atoms with van der Waals surface area (Å²) in [7, 11) is 1.54. The van der Waals surface area contributed by atoms with Gasteiger partial charge >= 0.3 is 0 Å². The molecule has 0 radical (unpaired) electrons. The molecule has 2 heterocycles. The van der Waals surface area contributed by atoms with Crippen molar-refractivity contribution in [2.24, 2.45) is 0 Å². The number of imide groups is 1. The van der Waals surface area contributed by atoms with Crippen molar-refractivity contribution in [2.45, 2.75) is 19.4 Å². The van der Waals surface area contributed by atoms with Crippen LogP contribution in [0.1, 0.15) is 23.7 Å². The van der Waals surface area contributed by atoms with Gasteiger partial charge in [0, 0.05) is 11.3 Å². The fourth-order valence-electron chi connectivity index (χ4n) is 4.33. The van der Waals surface area contributed by atoms with Gasteiger partial charge in [-0.3, -0.25) is 14.4 Å². The molecule has 0 unspecified atom stereocenters. The highest BCUT2D eigenvalue weighted by atomic mass is 16.5. The molecule has 0 aromatic heterocycles. The summed E-state index contributed by atoms with van der Waals surface area (Å²) in [6, 6.07) is 14.4. The normalized spacial score (nSPS) is 20.0. The van der Waals surface area contributed by atoms with Gasteiger partial charge in [0.2, 0.25) is 5.91 Å². The molecule has 0 bridgehead atoms. The lowest BCUT2D eigenvalue weighted by Gasteiger charge is -2.35. The number of piperazine rings is 1. The number of ketones is 1. The fourth-order valence-corrected chi connectivity index (χ4v) is 4.33. The second-order valence-electron chi connectivity index (χ2n) is 7.74. The predicted molar refractivity (Wildman–Crippen MR) is 113 cm³/mol. The van der Waals surface area contributed by atoms with E-state index in [1.165, 1.54) is 12.0 Å². The van der Waals surface area contributed by atoms with Crippen molar-refractivity contribution in [1.29, 1.82) is 0 Å². The van der Waals surface area contributed by atoms with E-state index in [0.29, 0.717) is 17.0 Å². The van der Waals surface area contributed by atoms with E-state index in [4.69, 9.17) is 4.74 Å². The molecule has 156 valence electrons. The van der Waals surface area contributed by atoms with Crippen molar-refractivity contribution in [3.8, 4) is 5.75 Å². The summed E-state index contributed by atoms with van der Waals surface area (Å²) in [6.45, 7) is 4.70. The molecule has 2 aromatic rings. The lowest BCUT2D eigenvalue weighted by molar-refractivity contribution is -0.915. The van der Waals surface area contributed by atoms with E-state index in [1.807, 2.05) is 30.3 Å². The molecule has 7 nitrogen and oxygen atoms in total. The molecule has 2 fully saturated rings. The van der Waals surface area contributed by atoms with Crippen LogP contribution < -0.4 is 19.4 Å². The zero-order valence-electron chi connectivity index (χ0n) is 17.3. The number of carbonyl (C=O) groups excluding carboxylic acids is 3. The number of ether oxygens (including phenoxy) is 1. The molecule has 4 rings (SSSR count). The highest BCUT2D eigenvalue weighted by molar-refractivity contribution is 6.22. The molecule has 7 heteroatoms. The van der Waals surface area contributed by atoms with Gasteiger partial charge < -0.3 is 14.5 Å². The zero-order valence-corrected chi connectivity index (χ0v) is 17.3. The number of nitrogens with zero attached hydrogens (tertiary/aromatic N) is 2. The minimum absolute atomic E-state index is 0.0554. The Bertz CT molecular complexity index is 965. The van der Waals surface area contributed by atoms with Gasteiger partial charge in [-0.1, -0.05) is 12.1 Å². The summed E-state index contributed by atoms with van der Waals surface area (Å²) < 4.78 is 5.34. The van der Waals surface area contributed by atoms with E-state index in [9.17, 15) is 14.4 Å². The Morgan fingerprint density at radius 3 is 2.33 bits per heavy atom. The SMILES string of the molecule is COc1ccccc1N1C(=O)C[C@@H]([NH+]2CCN(c3ccc(C(C)=O)cc3)CC2)C1=O. The molecular weight excluding hydrogens is 382 g/mol. The molecule has 2 saturated heterocycles. The second kappa shape index (κ2) is 8.28. The largest absolute Gasteiger partial charge is 0.495 e. The second-order valence-corrected chi connectivity index (χ2v) is 7.74. The van der Waals surface area contributed by atoms with Crippen molar-refractivity contribution < 1.29 is 24.0 Å². The summed E-state index contributed by atoms with van der Waals surface area (Å²) in [5.74, 6) is 0.247. The van der Waals surface area contributed by atoms with Crippen molar-refractivity contribution in [1.82, 2.24) is 0 Å². The maximum absolute atomic E-state index is 13.1. The molecule has 2 amide bonds. The molecule has 2 aromatic carbocycles. The zero-order chi connectivity index (χ0) is 21.3. The highest BCUT2D eigenvalue weighted by Crippen LogP contribution is 2.31. The van der Waals surface area contributed by atoms with Crippen molar-refractivity contribution in [2.75, 3.05) is 43.1 Å². The number of hydrogen-bond acceptors (Lipinski definition) is 5. The van der Waals surface area contributed by atoms with Gasteiger partial charge in [-0.2, -0.15) is 0 Å². The van der Waals surface area contributed by atoms with E-state index in [0.717, 1.165) is 36.8 Å². The van der Waals surface area contributed by atoms with E-state index < -0.39 is 0 Å². The quantitative estimate of drug-likeness (QED) is 0.589. The third kappa shape index (κ3) is 3.68. The number of amides is 2. The number of Topliss-reactive ketones (excluding diaryl/α,β-unsaturated/α-hetero) is 1. The van der Waals surface area contributed by atoms with Crippen LogP contribution in [0.3, 0.4) is 0 Å². The number of rotatable bonds is 5. The Kier molecular flexibility index (Phi) is 5.55. The number of nitrogens with one attached hydrogen (secondary N) is 1. The maximum atomic E-state index is 13.1. The van der Waals surface area contributed by atoms with Gasteiger partial charge in [0.1, 0.15) is 5.75 Å². The van der Waals surface area contributed by atoms with Crippen molar-refractivity contribution >= 4 is 29.0 Å². The van der Waals surface area contributed by atoms with Crippen LogP contribution >= 0.6 is 0 Å². The van der Waals surface area contributed by atoms with E-state index in [1.54, 1.807) is 25.1 Å². The fraction of sp³-hybridized carbons (Fsp3) is 0.348. The Labute approximate surface area is 175 Å². The smallest absolute Gasteiger partial charge is 0.292 e. The summed E-state index contributed by atoms with van der Waals surface area (Å²) in [4.78, 5) is 41.9. The lowest BCUT2D eigenvalue weighted by atomic mass is 10.1. The van der Waals surface area contributed by atoms with Crippen LogP contribution in [0.15, 0.2) is 48.5 Å². The van der Waals surface area contributed by atoms with Gasteiger partial charge in [-0.15, -0.1) is 0 Å². The van der Waals surface area contributed by atoms with Crippen LogP contribution in [0.2, 0.25) is 0 Å². The third-order valence-electron chi connectivity index (χ3n) is 6.01. The Hall–Kier alpha value is -3.19. The lowest BCUT2D eigenvalue weighted by Crippen LogP contribution is -3.19. The average Bonchev–Trinajstić information content (AvgIpc) is 3.07. The number of hydrogen-bond donors (Lipinski definition) is 1. The van der Waals surface area contributed by atoms with Gasteiger partial charge in [0.15, 0.2) is 11.8 Å². The monoisotopic (exact) mass is 408 g/mol. The molecule has 0 aliphatic carbocycles. The molecule has 0 saturated carbocycles. The standard InChI is InChI=1S/C23H25N3O4/c1-16(27)17-7-9-18(10-8-17)24-11-13-25(14-12-24)20-15-22(28)26(23(20)29)19-5-3-4-6-21(19)30-2/h3-10,20H,11-15H2,1-2H3/p+1/t20-/m1/s1. The molecule has 2 aliphatic heterocycles. The maximum Gasteiger partial charge on any atom is 0.292 e. The van der Waals surface area contributed by atoms with E-state index in [-0.39, 0.29) is 30.1 Å². The van der Waals surface area contributed by atoms with Crippen LogP contribution in [-0.2, 0) is 9.59 Å². The minimum atomic E-state index is -0.357. The number of quaternary nitrogens is 1. The molecule has 1 atom stereocenters. The summed E-state index contributed by atoms with van der Waals surface area (Å²) in [5, 5.41) is 0.